The zero-order valence-electron chi connectivity index (χ0n) is 12.5. The van der Waals surface area contributed by atoms with Crippen molar-refractivity contribution in [3.63, 3.8) is 0 Å². The van der Waals surface area contributed by atoms with Gasteiger partial charge in [-0.15, -0.1) is 0 Å². The molecule has 1 aliphatic heterocycles. The Kier molecular flexibility index (Phi) is 4.73. The number of amides is 2. The lowest BCUT2D eigenvalue weighted by molar-refractivity contribution is -0.126. The van der Waals surface area contributed by atoms with Crippen LogP contribution >= 0.6 is 27.7 Å². The first-order valence-electron chi connectivity index (χ1n) is 7.12. The molecule has 1 saturated heterocycles. The minimum absolute atomic E-state index is 0.204. The first-order valence-corrected chi connectivity index (χ1v) is 8.80. The van der Waals surface area contributed by atoms with Gasteiger partial charge in [0.2, 0.25) is 0 Å². The van der Waals surface area contributed by atoms with E-state index in [9.17, 15) is 9.59 Å². The number of aryl methyl sites for hydroxylation is 1. The molecule has 118 valence electrons. The Morgan fingerprint density at radius 3 is 2.61 bits per heavy atom. The number of nitrogens with zero attached hydrogens (tertiary/aromatic N) is 1. The van der Waals surface area contributed by atoms with Gasteiger partial charge in [-0.05, 0) is 54.1 Å². The fourth-order valence-electron chi connectivity index (χ4n) is 2.34. The second kappa shape index (κ2) is 6.76. The number of thioether (sulfide) groups is 1. The number of imide groups is 1. The Hall–Kier alpha value is -1.79. The topological polar surface area (TPSA) is 49.4 Å². The lowest BCUT2D eigenvalue weighted by atomic mass is 10.2. The van der Waals surface area contributed by atoms with E-state index in [1.165, 1.54) is 4.90 Å². The minimum Gasteiger partial charge on any atom is -0.365 e. The van der Waals surface area contributed by atoms with Crippen LogP contribution < -0.4 is 5.32 Å². The molecule has 4 nitrogen and oxygen atoms in total. The van der Waals surface area contributed by atoms with Crippen LogP contribution in [0.5, 0.6) is 0 Å². The maximum Gasteiger partial charge on any atom is 0.291 e. The van der Waals surface area contributed by atoms with Gasteiger partial charge in [0.15, 0.2) is 5.37 Å². The van der Waals surface area contributed by atoms with Gasteiger partial charge in [0.25, 0.3) is 11.1 Å². The van der Waals surface area contributed by atoms with Crippen molar-refractivity contribution in [2.45, 2.75) is 18.8 Å². The Morgan fingerprint density at radius 1 is 1.17 bits per heavy atom. The zero-order chi connectivity index (χ0) is 16.4. The largest absolute Gasteiger partial charge is 0.365 e. The Morgan fingerprint density at radius 2 is 1.91 bits per heavy atom. The number of anilines is 1. The van der Waals surface area contributed by atoms with Crippen molar-refractivity contribution in [2.75, 3.05) is 5.32 Å². The molecule has 3 rings (SSSR count). The normalized spacial score (nSPS) is 17.7. The number of nitrogens with one attached hydrogen (secondary N) is 1. The van der Waals surface area contributed by atoms with E-state index < -0.39 is 5.37 Å². The van der Waals surface area contributed by atoms with Gasteiger partial charge in [0, 0.05) is 10.2 Å². The molecule has 1 aliphatic rings. The summed E-state index contributed by atoms with van der Waals surface area (Å²) in [7, 11) is 0. The van der Waals surface area contributed by atoms with Gasteiger partial charge in [-0.2, -0.15) is 0 Å². The lowest BCUT2D eigenvalue weighted by Gasteiger charge is -2.15. The summed E-state index contributed by atoms with van der Waals surface area (Å²) in [4.78, 5) is 25.9. The highest BCUT2D eigenvalue weighted by Crippen LogP contribution is 2.29. The van der Waals surface area contributed by atoms with E-state index >= 15 is 0 Å². The maximum absolute atomic E-state index is 12.5. The summed E-state index contributed by atoms with van der Waals surface area (Å²) < 4.78 is 0.966. The zero-order valence-corrected chi connectivity index (χ0v) is 14.9. The molecule has 23 heavy (non-hydrogen) atoms. The maximum atomic E-state index is 12.5. The molecule has 2 amide bonds. The molecule has 0 aromatic heterocycles. The number of hydrogen-bond donors (Lipinski definition) is 1. The third-order valence-corrected chi connectivity index (χ3v) is 5.01. The standard InChI is InChI=1S/C17H15BrN2O2S/c1-11-3-2-4-14(9-11)19-15-16(21)20(17(22)23-15)10-12-5-7-13(18)8-6-12/h2-9,15,19H,10H2,1H3/t15-/m1/s1. The van der Waals surface area contributed by atoms with Gasteiger partial charge in [0.1, 0.15) is 0 Å². The Bertz CT molecular complexity index is 749. The van der Waals surface area contributed by atoms with E-state index in [0.717, 1.165) is 33.0 Å². The SMILES string of the molecule is Cc1cccc(N[C@@H]2SC(=O)N(Cc3ccc(Br)cc3)C2=O)c1. The number of carbonyl (C=O) groups is 2. The van der Waals surface area contributed by atoms with E-state index in [4.69, 9.17) is 0 Å². The summed E-state index contributed by atoms with van der Waals surface area (Å²) in [5, 5.41) is 2.34. The number of rotatable bonds is 4. The molecule has 0 unspecified atom stereocenters. The van der Waals surface area contributed by atoms with E-state index in [2.05, 4.69) is 21.2 Å². The van der Waals surface area contributed by atoms with Crippen LogP contribution in [0.1, 0.15) is 11.1 Å². The number of halogens is 1. The molecule has 1 atom stereocenters. The van der Waals surface area contributed by atoms with Crippen LogP contribution in [-0.2, 0) is 11.3 Å². The van der Waals surface area contributed by atoms with E-state index in [1.54, 1.807) is 0 Å². The van der Waals surface area contributed by atoms with E-state index in [-0.39, 0.29) is 11.1 Å². The van der Waals surface area contributed by atoms with Crippen molar-refractivity contribution < 1.29 is 9.59 Å². The highest BCUT2D eigenvalue weighted by atomic mass is 79.9. The molecule has 0 spiro atoms. The smallest absolute Gasteiger partial charge is 0.291 e. The van der Waals surface area contributed by atoms with Crippen LogP contribution in [0.15, 0.2) is 53.0 Å². The average Bonchev–Trinajstić information content (AvgIpc) is 2.77. The molecular formula is C17H15BrN2O2S. The Labute approximate surface area is 147 Å². The molecular weight excluding hydrogens is 376 g/mol. The fraction of sp³-hybridized carbons (Fsp3) is 0.176. The summed E-state index contributed by atoms with van der Waals surface area (Å²) in [6.45, 7) is 2.28. The van der Waals surface area contributed by atoms with Crippen LogP contribution in [0.3, 0.4) is 0 Å². The second-order valence-corrected chi connectivity index (χ2v) is 7.30. The fourth-order valence-corrected chi connectivity index (χ4v) is 3.51. The lowest BCUT2D eigenvalue weighted by Crippen LogP contribution is -2.33. The van der Waals surface area contributed by atoms with Gasteiger partial charge < -0.3 is 5.32 Å². The summed E-state index contributed by atoms with van der Waals surface area (Å²) in [6, 6.07) is 15.3. The van der Waals surface area contributed by atoms with Crippen molar-refractivity contribution in [3.8, 4) is 0 Å². The first-order chi connectivity index (χ1) is 11.0. The number of benzene rings is 2. The van der Waals surface area contributed by atoms with Crippen molar-refractivity contribution in [1.29, 1.82) is 0 Å². The molecule has 0 aliphatic carbocycles. The van der Waals surface area contributed by atoms with Gasteiger partial charge in [-0.25, -0.2) is 0 Å². The van der Waals surface area contributed by atoms with E-state index in [0.29, 0.717) is 6.54 Å². The summed E-state index contributed by atoms with van der Waals surface area (Å²) in [5.74, 6) is -0.204. The van der Waals surface area contributed by atoms with Crippen molar-refractivity contribution >= 4 is 44.5 Å². The van der Waals surface area contributed by atoms with Crippen LogP contribution in [0.4, 0.5) is 10.5 Å². The van der Waals surface area contributed by atoms with Crippen molar-refractivity contribution in [3.05, 3.63) is 64.1 Å². The van der Waals surface area contributed by atoms with Crippen LogP contribution in [0.25, 0.3) is 0 Å². The average molecular weight is 391 g/mol. The highest BCUT2D eigenvalue weighted by molar-refractivity contribution is 9.10. The second-order valence-electron chi connectivity index (χ2n) is 5.33. The highest BCUT2D eigenvalue weighted by Gasteiger charge is 2.39. The predicted molar refractivity (Wildman–Crippen MR) is 96.3 cm³/mol. The number of hydrogen-bond acceptors (Lipinski definition) is 4. The Balaban J connectivity index is 1.71. The molecule has 2 aromatic rings. The third kappa shape index (κ3) is 3.76. The monoisotopic (exact) mass is 390 g/mol. The third-order valence-electron chi connectivity index (χ3n) is 3.50. The van der Waals surface area contributed by atoms with Gasteiger partial charge in [-0.3, -0.25) is 14.5 Å². The minimum atomic E-state index is -0.570. The van der Waals surface area contributed by atoms with Gasteiger partial charge in [0.05, 0.1) is 6.54 Å². The number of carbonyl (C=O) groups excluding carboxylic acids is 2. The quantitative estimate of drug-likeness (QED) is 0.840. The molecule has 1 N–H and O–H groups in total. The molecule has 6 heteroatoms. The van der Waals surface area contributed by atoms with Gasteiger partial charge in [-0.1, -0.05) is 40.2 Å². The van der Waals surface area contributed by atoms with Crippen molar-refractivity contribution in [2.24, 2.45) is 0 Å². The molecule has 0 saturated carbocycles. The molecule has 2 aromatic carbocycles. The summed E-state index contributed by atoms with van der Waals surface area (Å²) >= 11 is 4.39. The molecule has 0 radical (unpaired) electrons. The molecule has 0 bridgehead atoms. The van der Waals surface area contributed by atoms with E-state index in [1.807, 2.05) is 55.5 Å². The van der Waals surface area contributed by atoms with Crippen LogP contribution in [0, 0.1) is 6.92 Å². The van der Waals surface area contributed by atoms with Gasteiger partial charge >= 0.3 is 0 Å². The summed E-state index contributed by atoms with van der Waals surface area (Å²) in [6.07, 6.45) is 0. The molecule has 1 fully saturated rings. The predicted octanol–water partition coefficient (Wildman–Crippen LogP) is 4.39. The first kappa shape index (κ1) is 16.1. The van der Waals surface area contributed by atoms with Crippen LogP contribution in [-0.4, -0.2) is 21.4 Å². The summed E-state index contributed by atoms with van der Waals surface area (Å²) in [5.41, 5.74) is 2.87. The van der Waals surface area contributed by atoms with Crippen LogP contribution in [0.2, 0.25) is 0 Å². The molecule has 1 heterocycles. The van der Waals surface area contributed by atoms with Crippen molar-refractivity contribution in [1.82, 2.24) is 4.90 Å².